The van der Waals surface area contributed by atoms with Crippen LogP contribution in [0.3, 0.4) is 0 Å². The second-order valence-electron chi connectivity index (χ2n) is 5.51. The van der Waals surface area contributed by atoms with Gasteiger partial charge in [-0.1, -0.05) is 17.7 Å². The van der Waals surface area contributed by atoms with Gasteiger partial charge in [0.05, 0.1) is 11.9 Å². The Morgan fingerprint density at radius 3 is 2.56 bits per heavy atom. The molecule has 4 nitrogen and oxygen atoms in total. The number of thiazole rings is 1. The van der Waals surface area contributed by atoms with Crippen LogP contribution < -0.4 is 4.74 Å². The van der Waals surface area contributed by atoms with E-state index in [0.717, 1.165) is 29.5 Å². The highest BCUT2D eigenvalue weighted by molar-refractivity contribution is 7.13. The number of aliphatic carboxylic acids is 1. The van der Waals surface area contributed by atoms with Crippen LogP contribution in [0.25, 0.3) is 10.4 Å². The van der Waals surface area contributed by atoms with Crippen molar-refractivity contribution in [3.05, 3.63) is 69.4 Å². The first-order chi connectivity index (χ1) is 12.8. The van der Waals surface area contributed by atoms with Crippen LogP contribution >= 0.6 is 22.9 Å². The van der Waals surface area contributed by atoms with Crippen LogP contribution in [-0.2, 0) is 17.8 Å². The molecule has 3 aromatic rings. The van der Waals surface area contributed by atoms with E-state index in [2.05, 4.69) is 4.98 Å². The van der Waals surface area contributed by atoms with Crippen LogP contribution in [0.4, 0.5) is 13.2 Å². The number of halogens is 4. The number of benzene rings is 2. The maximum atomic E-state index is 14.4. The van der Waals surface area contributed by atoms with Crippen molar-refractivity contribution in [2.24, 2.45) is 0 Å². The molecule has 2 aromatic carbocycles. The van der Waals surface area contributed by atoms with Crippen molar-refractivity contribution < 1.29 is 27.8 Å². The fourth-order valence-corrected chi connectivity index (χ4v) is 3.27. The average Bonchev–Trinajstić information content (AvgIpc) is 3.05. The SMILES string of the molecule is O=C(O)Cc1cc(F)c(-c2scnc2OCc2ccc(Cl)cc2F)cc1F. The molecule has 9 heteroatoms. The van der Waals surface area contributed by atoms with Crippen molar-refractivity contribution in [3.8, 4) is 16.3 Å². The molecule has 0 bridgehead atoms. The highest BCUT2D eigenvalue weighted by Crippen LogP contribution is 2.36. The molecular weight excluding hydrogens is 403 g/mol. The third kappa shape index (κ3) is 4.40. The molecule has 0 spiro atoms. The summed E-state index contributed by atoms with van der Waals surface area (Å²) in [5.41, 5.74) is 1.22. The molecule has 0 aliphatic heterocycles. The molecule has 3 rings (SSSR count). The first-order valence-corrected chi connectivity index (χ1v) is 8.81. The smallest absolute Gasteiger partial charge is 0.307 e. The minimum atomic E-state index is -1.27. The Bertz CT molecular complexity index is 1010. The molecule has 0 radical (unpaired) electrons. The van der Waals surface area contributed by atoms with Crippen LogP contribution in [0, 0.1) is 17.5 Å². The van der Waals surface area contributed by atoms with Gasteiger partial charge in [-0.05, 0) is 24.3 Å². The zero-order valence-electron chi connectivity index (χ0n) is 13.5. The number of carboxylic acid groups (broad SMARTS) is 1. The third-order valence-corrected chi connectivity index (χ3v) is 4.71. The van der Waals surface area contributed by atoms with Gasteiger partial charge < -0.3 is 9.84 Å². The number of aromatic nitrogens is 1. The van der Waals surface area contributed by atoms with Gasteiger partial charge in [-0.15, -0.1) is 11.3 Å². The summed E-state index contributed by atoms with van der Waals surface area (Å²) in [6.45, 7) is -0.180. The van der Waals surface area contributed by atoms with Gasteiger partial charge >= 0.3 is 5.97 Å². The summed E-state index contributed by atoms with van der Waals surface area (Å²) in [5.74, 6) is -3.47. The fraction of sp³-hybridized carbons (Fsp3) is 0.111. The Hall–Kier alpha value is -2.58. The van der Waals surface area contributed by atoms with Gasteiger partial charge in [-0.3, -0.25) is 4.79 Å². The van der Waals surface area contributed by atoms with Crippen LogP contribution in [0.15, 0.2) is 35.8 Å². The van der Waals surface area contributed by atoms with Gasteiger partial charge in [-0.2, -0.15) is 0 Å². The first-order valence-electron chi connectivity index (χ1n) is 7.55. The minimum Gasteiger partial charge on any atom is -0.481 e. The van der Waals surface area contributed by atoms with Gasteiger partial charge in [0.15, 0.2) is 0 Å². The summed E-state index contributed by atoms with van der Waals surface area (Å²) < 4.78 is 47.8. The van der Waals surface area contributed by atoms with E-state index in [0.29, 0.717) is 0 Å². The minimum absolute atomic E-state index is 0.0126. The number of nitrogens with zero attached hydrogens (tertiary/aromatic N) is 1. The summed E-state index contributed by atoms with van der Waals surface area (Å²) >= 11 is 6.71. The number of rotatable bonds is 6. The van der Waals surface area contributed by atoms with E-state index in [1.54, 1.807) is 0 Å². The lowest BCUT2D eigenvalue weighted by Gasteiger charge is -2.09. The van der Waals surface area contributed by atoms with Crippen LogP contribution in [0.5, 0.6) is 5.88 Å². The summed E-state index contributed by atoms with van der Waals surface area (Å²) in [6, 6.07) is 5.82. The average molecular weight is 414 g/mol. The summed E-state index contributed by atoms with van der Waals surface area (Å²) in [7, 11) is 0. The predicted molar refractivity (Wildman–Crippen MR) is 94.5 cm³/mol. The molecule has 0 atom stereocenters. The van der Waals surface area contributed by atoms with Crippen molar-refractivity contribution in [1.29, 1.82) is 0 Å². The van der Waals surface area contributed by atoms with E-state index in [1.165, 1.54) is 17.6 Å². The molecule has 0 aliphatic rings. The lowest BCUT2D eigenvalue weighted by molar-refractivity contribution is -0.136. The summed E-state index contributed by atoms with van der Waals surface area (Å²) in [4.78, 5) is 14.9. The van der Waals surface area contributed by atoms with E-state index in [4.69, 9.17) is 21.4 Å². The Balaban J connectivity index is 1.86. The molecule has 0 unspecified atom stereocenters. The van der Waals surface area contributed by atoms with E-state index in [-0.39, 0.29) is 39.1 Å². The molecule has 0 saturated heterocycles. The second-order valence-corrected chi connectivity index (χ2v) is 6.80. The third-order valence-electron chi connectivity index (χ3n) is 3.64. The van der Waals surface area contributed by atoms with Gasteiger partial charge in [0, 0.05) is 21.7 Å². The predicted octanol–water partition coefficient (Wildman–Crippen LogP) is 5.09. The normalized spacial score (nSPS) is 10.8. The highest BCUT2D eigenvalue weighted by Gasteiger charge is 2.19. The molecule has 1 aromatic heterocycles. The van der Waals surface area contributed by atoms with Crippen LogP contribution in [-0.4, -0.2) is 16.1 Å². The molecule has 0 fully saturated rings. The maximum Gasteiger partial charge on any atom is 0.307 e. The number of ether oxygens (including phenoxy) is 1. The number of carbonyl (C=O) groups is 1. The zero-order valence-corrected chi connectivity index (χ0v) is 15.1. The largest absolute Gasteiger partial charge is 0.481 e. The zero-order chi connectivity index (χ0) is 19.6. The Kier molecular flexibility index (Phi) is 5.67. The topological polar surface area (TPSA) is 59.4 Å². The van der Waals surface area contributed by atoms with E-state index < -0.39 is 29.8 Å². The van der Waals surface area contributed by atoms with Gasteiger partial charge in [0.1, 0.15) is 28.9 Å². The van der Waals surface area contributed by atoms with Gasteiger partial charge in [0.2, 0.25) is 5.88 Å². The van der Waals surface area contributed by atoms with Gasteiger partial charge in [-0.25, -0.2) is 18.2 Å². The van der Waals surface area contributed by atoms with Crippen molar-refractivity contribution in [2.45, 2.75) is 13.0 Å². The van der Waals surface area contributed by atoms with Crippen molar-refractivity contribution in [3.63, 3.8) is 0 Å². The molecule has 140 valence electrons. The van der Waals surface area contributed by atoms with Crippen molar-refractivity contribution in [1.82, 2.24) is 4.98 Å². The standard InChI is InChI=1S/C18H11ClF3NO3S/c19-11-2-1-9(13(20)5-11)7-26-18-17(27-8-23-18)12-6-14(21)10(3-15(12)22)4-16(24)25/h1-3,5-6,8H,4,7H2,(H,24,25). The van der Waals surface area contributed by atoms with Gasteiger partial charge in [0.25, 0.3) is 0 Å². The van der Waals surface area contributed by atoms with Crippen LogP contribution in [0.2, 0.25) is 5.02 Å². The fourth-order valence-electron chi connectivity index (χ4n) is 2.36. The highest BCUT2D eigenvalue weighted by atomic mass is 35.5. The lowest BCUT2D eigenvalue weighted by atomic mass is 10.1. The van der Waals surface area contributed by atoms with Crippen molar-refractivity contribution in [2.75, 3.05) is 0 Å². The molecule has 0 amide bonds. The lowest BCUT2D eigenvalue weighted by Crippen LogP contribution is -2.04. The number of hydrogen-bond acceptors (Lipinski definition) is 4. The van der Waals surface area contributed by atoms with E-state index >= 15 is 0 Å². The first kappa shape index (κ1) is 19.2. The van der Waals surface area contributed by atoms with Crippen molar-refractivity contribution >= 4 is 28.9 Å². The second kappa shape index (κ2) is 7.98. The molecule has 1 heterocycles. The molecule has 0 saturated carbocycles. The Morgan fingerprint density at radius 1 is 1.11 bits per heavy atom. The maximum absolute atomic E-state index is 14.4. The number of carboxylic acids is 1. The van der Waals surface area contributed by atoms with E-state index in [1.807, 2.05) is 0 Å². The quantitative estimate of drug-likeness (QED) is 0.611. The Labute approximate surface area is 160 Å². The molecular formula is C18H11ClF3NO3S. The molecule has 0 aliphatic carbocycles. The summed E-state index contributed by atoms with van der Waals surface area (Å²) in [6.07, 6.45) is -0.634. The molecule has 1 N–H and O–H groups in total. The monoisotopic (exact) mass is 413 g/mol. The Morgan fingerprint density at radius 2 is 1.85 bits per heavy atom. The summed E-state index contributed by atoms with van der Waals surface area (Å²) in [5, 5.41) is 8.98. The number of hydrogen-bond donors (Lipinski definition) is 1. The van der Waals surface area contributed by atoms with Crippen LogP contribution in [0.1, 0.15) is 11.1 Å². The van der Waals surface area contributed by atoms with E-state index in [9.17, 15) is 18.0 Å². The molecule has 27 heavy (non-hydrogen) atoms.